The van der Waals surface area contributed by atoms with Crippen molar-refractivity contribution in [3.63, 3.8) is 0 Å². The van der Waals surface area contributed by atoms with Gasteiger partial charge in [-0.3, -0.25) is 9.69 Å². The van der Waals surface area contributed by atoms with Crippen molar-refractivity contribution in [3.05, 3.63) is 34.9 Å². The van der Waals surface area contributed by atoms with Gasteiger partial charge in [-0.05, 0) is 43.5 Å². The number of amides is 1. The summed E-state index contributed by atoms with van der Waals surface area (Å²) in [5.41, 5.74) is 8.83. The lowest BCUT2D eigenvalue weighted by Gasteiger charge is -2.41. The minimum atomic E-state index is -0.289. The molecule has 4 nitrogen and oxygen atoms in total. The number of likely N-dealkylation sites (N-methyl/N-ethyl adjacent to an activating group) is 1. The minimum Gasteiger partial charge on any atom is -0.366 e. The zero-order valence-corrected chi connectivity index (χ0v) is 12.1. The van der Waals surface area contributed by atoms with Crippen LogP contribution < -0.4 is 5.73 Å². The first-order valence-corrected chi connectivity index (χ1v) is 7.51. The van der Waals surface area contributed by atoms with Gasteiger partial charge >= 0.3 is 0 Å². The zero-order chi connectivity index (χ0) is 14.1. The molecule has 3 rings (SSSR count). The van der Waals surface area contributed by atoms with Crippen LogP contribution in [0, 0.1) is 0 Å². The van der Waals surface area contributed by atoms with E-state index in [0.717, 1.165) is 44.6 Å². The van der Waals surface area contributed by atoms with Crippen molar-refractivity contribution >= 4 is 5.91 Å². The Morgan fingerprint density at radius 2 is 2.00 bits per heavy atom. The van der Waals surface area contributed by atoms with E-state index in [9.17, 15) is 4.79 Å². The van der Waals surface area contributed by atoms with E-state index in [-0.39, 0.29) is 5.91 Å². The summed E-state index contributed by atoms with van der Waals surface area (Å²) in [6.07, 6.45) is 3.41. The highest BCUT2D eigenvalue weighted by Crippen LogP contribution is 2.36. The minimum absolute atomic E-state index is 0.289. The van der Waals surface area contributed by atoms with Crippen molar-refractivity contribution in [1.29, 1.82) is 0 Å². The molecule has 0 aromatic heterocycles. The standard InChI is InChI=1S/C16H23N3O/c1-18-8-10-19(11-9-18)14-7-3-5-12-4-2-6-13(15(12)14)16(17)20/h2,4,6,14H,3,5,7-11H2,1H3,(H2,17,20). The quantitative estimate of drug-likeness (QED) is 0.886. The summed E-state index contributed by atoms with van der Waals surface area (Å²) >= 11 is 0. The molecule has 1 aromatic carbocycles. The maximum atomic E-state index is 11.7. The summed E-state index contributed by atoms with van der Waals surface area (Å²) in [7, 11) is 2.17. The van der Waals surface area contributed by atoms with Gasteiger partial charge in [0.2, 0.25) is 5.91 Å². The van der Waals surface area contributed by atoms with Crippen LogP contribution in [0.15, 0.2) is 18.2 Å². The molecule has 1 aliphatic carbocycles. The summed E-state index contributed by atoms with van der Waals surface area (Å²) in [6.45, 7) is 4.36. The molecule has 1 aromatic rings. The molecule has 2 aliphatic rings. The van der Waals surface area contributed by atoms with E-state index in [2.05, 4.69) is 22.9 Å². The number of aryl methyl sites for hydroxylation is 1. The van der Waals surface area contributed by atoms with Gasteiger partial charge in [-0.1, -0.05) is 12.1 Å². The van der Waals surface area contributed by atoms with E-state index < -0.39 is 0 Å². The van der Waals surface area contributed by atoms with Gasteiger partial charge in [0.1, 0.15) is 0 Å². The second-order valence-electron chi connectivity index (χ2n) is 5.99. The lowest BCUT2D eigenvalue weighted by Crippen LogP contribution is -2.46. The first kappa shape index (κ1) is 13.6. The third kappa shape index (κ3) is 2.45. The molecule has 0 saturated carbocycles. The topological polar surface area (TPSA) is 49.6 Å². The number of hydrogen-bond acceptors (Lipinski definition) is 3. The van der Waals surface area contributed by atoms with Crippen LogP contribution in [-0.4, -0.2) is 48.9 Å². The molecule has 0 spiro atoms. The Kier molecular flexibility index (Phi) is 3.76. The highest BCUT2D eigenvalue weighted by atomic mass is 16.1. The number of piperazine rings is 1. The van der Waals surface area contributed by atoms with Crippen LogP contribution in [0.2, 0.25) is 0 Å². The van der Waals surface area contributed by atoms with E-state index in [1.807, 2.05) is 12.1 Å². The number of rotatable bonds is 2. The monoisotopic (exact) mass is 273 g/mol. The van der Waals surface area contributed by atoms with Crippen molar-refractivity contribution in [1.82, 2.24) is 9.80 Å². The third-order valence-electron chi connectivity index (χ3n) is 4.70. The number of hydrogen-bond donors (Lipinski definition) is 1. The fourth-order valence-electron chi connectivity index (χ4n) is 3.57. The second-order valence-corrected chi connectivity index (χ2v) is 5.99. The van der Waals surface area contributed by atoms with Gasteiger partial charge in [0.25, 0.3) is 0 Å². The normalized spacial score (nSPS) is 24.4. The summed E-state index contributed by atoms with van der Waals surface area (Å²) in [6, 6.07) is 6.38. The van der Waals surface area contributed by atoms with Crippen molar-refractivity contribution < 1.29 is 4.79 Å². The number of carbonyl (C=O) groups is 1. The van der Waals surface area contributed by atoms with Crippen LogP contribution in [0.1, 0.15) is 40.4 Å². The molecule has 1 atom stereocenters. The Bertz CT molecular complexity index is 506. The van der Waals surface area contributed by atoms with Gasteiger partial charge in [0, 0.05) is 37.8 Å². The second kappa shape index (κ2) is 5.54. The SMILES string of the molecule is CN1CCN(C2CCCc3cccc(C(N)=O)c32)CC1. The van der Waals surface area contributed by atoms with Crippen LogP contribution in [-0.2, 0) is 6.42 Å². The Balaban J connectivity index is 1.94. The van der Waals surface area contributed by atoms with Gasteiger partial charge in [-0.2, -0.15) is 0 Å². The number of fused-ring (bicyclic) bond motifs is 1. The molecule has 1 unspecified atom stereocenters. The van der Waals surface area contributed by atoms with Crippen LogP contribution in [0.5, 0.6) is 0 Å². The number of nitrogens with zero attached hydrogens (tertiary/aromatic N) is 2. The van der Waals surface area contributed by atoms with Crippen molar-refractivity contribution in [2.45, 2.75) is 25.3 Å². The van der Waals surface area contributed by atoms with Gasteiger partial charge in [-0.25, -0.2) is 0 Å². The Morgan fingerprint density at radius 1 is 1.25 bits per heavy atom. The van der Waals surface area contributed by atoms with Crippen LogP contribution in [0.4, 0.5) is 0 Å². The van der Waals surface area contributed by atoms with Gasteiger partial charge in [-0.15, -0.1) is 0 Å². The summed E-state index contributed by atoms with van der Waals surface area (Å²) in [5.74, 6) is -0.289. The molecule has 1 amide bonds. The molecule has 2 N–H and O–H groups in total. The van der Waals surface area contributed by atoms with E-state index in [4.69, 9.17) is 5.73 Å². The largest absolute Gasteiger partial charge is 0.366 e. The molecule has 1 heterocycles. The fraction of sp³-hybridized carbons (Fsp3) is 0.562. The zero-order valence-electron chi connectivity index (χ0n) is 12.1. The maximum absolute atomic E-state index is 11.7. The van der Waals surface area contributed by atoms with E-state index in [0.29, 0.717) is 6.04 Å². The van der Waals surface area contributed by atoms with Gasteiger partial charge < -0.3 is 10.6 Å². The Hall–Kier alpha value is -1.39. The Labute approximate surface area is 120 Å². The maximum Gasteiger partial charge on any atom is 0.249 e. The van der Waals surface area contributed by atoms with E-state index in [1.54, 1.807) is 0 Å². The molecule has 1 aliphatic heterocycles. The predicted molar refractivity (Wildman–Crippen MR) is 79.7 cm³/mol. The van der Waals surface area contributed by atoms with Crippen LogP contribution in [0.3, 0.4) is 0 Å². The number of carbonyl (C=O) groups excluding carboxylic acids is 1. The third-order valence-corrected chi connectivity index (χ3v) is 4.70. The number of nitrogens with two attached hydrogens (primary N) is 1. The summed E-state index contributed by atoms with van der Waals surface area (Å²) in [5, 5.41) is 0. The Morgan fingerprint density at radius 3 is 2.70 bits per heavy atom. The number of primary amides is 1. The van der Waals surface area contributed by atoms with Crippen LogP contribution >= 0.6 is 0 Å². The van der Waals surface area contributed by atoms with Gasteiger partial charge in [0.15, 0.2) is 0 Å². The van der Waals surface area contributed by atoms with Crippen molar-refractivity contribution in [2.24, 2.45) is 5.73 Å². The highest BCUT2D eigenvalue weighted by molar-refractivity contribution is 5.95. The summed E-state index contributed by atoms with van der Waals surface area (Å²) in [4.78, 5) is 16.6. The first-order chi connectivity index (χ1) is 9.66. The molecule has 4 heteroatoms. The lowest BCUT2D eigenvalue weighted by atomic mass is 9.83. The summed E-state index contributed by atoms with van der Waals surface area (Å²) < 4.78 is 0. The van der Waals surface area contributed by atoms with E-state index in [1.165, 1.54) is 17.5 Å². The molecular weight excluding hydrogens is 250 g/mol. The van der Waals surface area contributed by atoms with Crippen molar-refractivity contribution in [2.75, 3.05) is 33.2 Å². The van der Waals surface area contributed by atoms with Crippen molar-refractivity contribution in [3.8, 4) is 0 Å². The fourth-order valence-corrected chi connectivity index (χ4v) is 3.57. The smallest absolute Gasteiger partial charge is 0.249 e. The predicted octanol–water partition coefficient (Wildman–Crippen LogP) is 1.41. The van der Waals surface area contributed by atoms with E-state index >= 15 is 0 Å². The average Bonchev–Trinajstić information content (AvgIpc) is 2.47. The number of benzene rings is 1. The van der Waals surface area contributed by atoms with Crippen LogP contribution in [0.25, 0.3) is 0 Å². The molecular formula is C16H23N3O. The molecule has 20 heavy (non-hydrogen) atoms. The molecule has 1 fully saturated rings. The highest BCUT2D eigenvalue weighted by Gasteiger charge is 2.30. The van der Waals surface area contributed by atoms with Gasteiger partial charge in [0.05, 0.1) is 0 Å². The molecule has 108 valence electrons. The first-order valence-electron chi connectivity index (χ1n) is 7.51. The average molecular weight is 273 g/mol. The molecule has 1 saturated heterocycles. The lowest BCUT2D eigenvalue weighted by molar-refractivity contribution is 0.0955. The molecule has 0 bridgehead atoms. The molecule has 0 radical (unpaired) electrons.